The number of allylic oxidation sites excluding steroid dienone is 2. The second-order valence-corrected chi connectivity index (χ2v) is 6.11. The quantitative estimate of drug-likeness (QED) is 0.625. The minimum atomic E-state index is -4.32. The maximum absolute atomic E-state index is 12.0. The summed E-state index contributed by atoms with van der Waals surface area (Å²) in [5, 5.41) is 0. The number of benzene rings is 1. The topological polar surface area (TPSA) is 93.0 Å². The lowest BCUT2D eigenvalue weighted by Gasteiger charge is -2.23. The standard InChI is InChI=1S/C14H10N2O4S/c17-10-15-14(21(19,20)16-11-18)8-6-13(7-9-14)12-4-2-1-3-5-12/h1-8H,9H2. The molecule has 2 rings (SSSR count). The number of aliphatic imine (C=N–C) groups is 1. The van der Waals surface area contributed by atoms with Crippen molar-refractivity contribution in [3.8, 4) is 0 Å². The maximum Gasteiger partial charge on any atom is 0.294 e. The number of isocyanates is 2. The van der Waals surface area contributed by atoms with Gasteiger partial charge >= 0.3 is 0 Å². The molecule has 0 aliphatic heterocycles. The lowest BCUT2D eigenvalue weighted by atomic mass is 9.97. The van der Waals surface area contributed by atoms with Gasteiger partial charge in [0.15, 0.2) is 0 Å². The first kappa shape index (κ1) is 14.8. The summed E-state index contributed by atoms with van der Waals surface area (Å²) < 4.78 is 26.7. The van der Waals surface area contributed by atoms with Crippen molar-refractivity contribution in [2.45, 2.75) is 11.3 Å². The summed E-state index contributed by atoms with van der Waals surface area (Å²) in [6, 6.07) is 9.29. The minimum absolute atomic E-state index is 0.115. The molecule has 1 atom stereocenters. The van der Waals surface area contributed by atoms with E-state index in [2.05, 4.69) is 9.39 Å². The van der Waals surface area contributed by atoms with Gasteiger partial charge in [-0.25, -0.2) is 18.0 Å². The number of nitrogens with zero attached hydrogens (tertiary/aromatic N) is 2. The molecule has 0 fully saturated rings. The van der Waals surface area contributed by atoms with Crippen LogP contribution in [0.4, 0.5) is 0 Å². The second-order valence-electron chi connectivity index (χ2n) is 4.27. The lowest BCUT2D eigenvalue weighted by molar-refractivity contribution is 0.538. The van der Waals surface area contributed by atoms with E-state index in [1.54, 1.807) is 6.08 Å². The van der Waals surface area contributed by atoms with Gasteiger partial charge in [0.2, 0.25) is 11.0 Å². The summed E-state index contributed by atoms with van der Waals surface area (Å²) in [6.45, 7) is 0. The highest BCUT2D eigenvalue weighted by molar-refractivity contribution is 7.91. The Bertz CT molecular complexity index is 799. The van der Waals surface area contributed by atoms with E-state index in [4.69, 9.17) is 0 Å². The van der Waals surface area contributed by atoms with Gasteiger partial charge in [-0.2, -0.15) is 4.99 Å². The molecular formula is C14H10N2O4S. The molecule has 106 valence electrons. The predicted octanol–water partition coefficient (Wildman–Crippen LogP) is 1.73. The molecule has 0 N–H and O–H groups in total. The normalized spacial score (nSPS) is 20.9. The first-order chi connectivity index (χ1) is 10.0. The highest BCUT2D eigenvalue weighted by Crippen LogP contribution is 2.34. The summed E-state index contributed by atoms with van der Waals surface area (Å²) in [4.78, 5) is 22.2. The minimum Gasteiger partial charge on any atom is -0.211 e. The molecule has 1 aliphatic carbocycles. The lowest BCUT2D eigenvalue weighted by Crippen LogP contribution is -2.33. The molecule has 1 aromatic carbocycles. The Morgan fingerprint density at radius 2 is 1.81 bits per heavy atom. The van der Waals surface area contributed by atoms with Crippen LogP contribution in [0.15, 0.2) is 58.0 Å². The predicted molar refractivity (Wildman–Crippen MR) is 76.1 cm³/mol. The van der Waals surface area contributed by atoms with Crippen molar-refractivity contribution in [3.05, 3.63) is 54.1 Å². The largest absolute Gasteiger partial charge is 0.294 e. The molecule has 0 saturated carbocycles. The summed E-state index contributed by atoms with van der Waals surface area (Å²) in [6.07, 6.45) is 6.46. The third-order valence-corrected chi connectivity index (χ3v) is 4.69. The Morgan fingerprint density at radius 1 is 1.10 bits per heavy atom. The van der Waals surface area contributed by atoms with E-state index >= 15 is 0 Å². The number of sulfonamides is 1. The summed E-state index contributed by atoms with van der Waals surface area (Å²) >= 11 is 0. The zero-order valence-electron chi connectivity index (χ0n) is 10.8. The molecule has 0 saturated heterocycles. The fourth-order valence-corrected chi connectivity index (χ4v) is 2.94. The van der Waals surface area contributed by atoms with Crippen molar-refractivity contribution < 1.29 is 18.0 Å². The maximum atomic E-state index is 12.0. The number of hydrogen-bond donors (Lipinski definition) is 0. The average molecular weight is 302 g/mol. The van der Waals surface area contributed by atoms with Gasteiger partial charge in [-0.3, -0.25) is 0 Å². The van der Waals surface area contributed by atoms with E-state index in [0.29, 0.717) is 0 Å². The summed E-state index contributed by atoms with van der Waals surface area (Å²) in [7, 11) is -4.32. The summed E-state index contributed by atoms with van der Waals surface area (Å²) in [5.41, 5.74) is 1.69. The van der Waals surface area contributed by atoms with Crippen molar-refractivity contribution in [3.63, 3.8) is 0 Å². The van der Waals surface area contributed by atoms with E-state index in [1.165, 1.54) is 18.2 Å². The highest BCUT2D eigenvalue weighted by atomic mass is 32.2. The molecule has 0 heterocycles. The third-order valence-electron chi connectivity index (χ3n) is 3.08. The van der Waals surface area contributed by atoms with Gasteiger partial charge in [0, 0.05) is 6.42 Å². The molecular weight excluding hydrogens is 292 g/mol. The fourth-order valence-electron chi connectivity index (χ4n) is 1.99. The van der Waals surface area contributed by atoms with Crippen molar-refractivity contribution in [1.82, 2.24) is 0 Å². The van der Waals surface area contributed by atoms with Crippen LogP contribution in [0.3, 0.4) is 0 Å². The molecule has 21 heavy (non-hydrogen) atoms. The number of rotatable bonds is 4. The Kier molecular flexibility index (Phi) is 4.10. The molecule has 7 heteroatoms. The summed E-state index contributed by atoms with van der Waals surface area (Å²) in [5.74, 6) is 0. The van der Waals surface area contributed by atoms with Crippen LogP contribution >= 0.6 is 0 Å². The van der Waals surface area contributed by atoms with Crippen LogP contribution in [0, 0.1) is 0 Å². The molecule has 1 unspecified atom stereocenters. The van der Waals surface area contributed by atoms with E-state index in [1.807, 2.05) is 30.3 Å². The van der Waals surface area contributed by atoms with Gasteiger partial charge < -0.3 is 0 Å². The van der Waals surface area contributed by atoms with Crippen LogP contribution < -0.4 is 0 Å². The van der Waals surface area contributed by atoms with Gasteiger partial charge in [-0.15, -0.1) is 0 Å². The van der Waals surface area contributed by atoms with Gasteiger partial charge in [0.1, 0.15) is 0 Å². The van der Waals surface area contributed by atoms with E-state index in [9.17, 15) is 18.0 Å². The van der Waals surface area contributed by atoms with Gasteiger partial charge in [-0.05, 0) is 17.2 Å². The smallest absolute Gasteiger partial charge is 0.211 e. The molecule has 0 radical (unpaired) electrons. The second kappa shape index (κ2) is 5.81. The van der Waals surface area contributed by atoms with E-state index < -0.39 is 14.9 Å². The molecule has 6 nitrogen and oxygen atoms in total. The fraction of sp³-hybridized carbons (Fsp3) is 0.143. The van der Waals surface area contributed by atoms with Gasteiger partial charge in [-0.1, -0.05) is 46.9 Å². The third kappa shape index (κ3) is 2.80. The van der Waals surface area contributed by atoms with Crippen LogP contribution in [0.25, 0.3) is 5.57 Å². The van der Waals surface area contributed by atoms with Crippen molar-refractivity contribution in [2.24, 2.45) is 9.39 Å². The Morgan fingerprint density at radius 3 is 2.33 bits per heavy atom. The monoisotopic (exact) mass is 302 g/mol. The van der Waals surface area contributed by atoms with Crippen LogP contribution in [0.2, 0.25) is 0 Å². The molecule has 1 aliphatic rings. The van der Waals surface area contributed by atoms with Crippen LogP contribution in [-0.4, -0.2) is 25.4 Å². The van der Waals surface area contributed by atoms with Crippen molar-refractivity contribution in [1.29, 1.82) is 0 Å². The zero-order chi connectivity index (χ0) is 15.3. The first-order valence-corrected chi connectivity index (χ1v) is 7.36. The van der Waals surface area contributed by atoms with Gasteiger partial charge in [0.25, 0.3) is 16.1 Å². The Balaban J connectivity index is 2.44. The Labute approximate surface area is 121 Å². The van der Waals surface area contributed by atoms with Crippen molar-refractivity contribution >= 4 is 27.8 Å². The molecule has 1 aromatic rings. The highest BCUT2D eigenvalue weighted by Gasteiger charge is 2.42. The first-order valence-electron chi connectivity index (χ1n) is 5.92. The van der Waals surface area contributed by atoms with Crippen molar-refractivity contribution in [2.75, 3.05) is 0 Å². The zero-order valence-corrected chi connectivity index (χ0v) is 11.6. The number of hydrogen-bond acceptors (Lipinski definition) is 5. The van der Waals surface area contributed by atoms with Crippen LogP contribution in [0.5, 0.6) is 0 Å². The SMILES string of the molecule is O=C=NC1(S(=O)(=O)N=C=O)C=CC(c2ccccc2)=CC1. The molecule has 0 amide bonds. The van der Waals surface area contributed by atoms with Crippen LogP contribution in [0.1, 0.15) is 12.0 Å². The molecule has 0 spiro atoms. The average Bonchev–Trinajstić information content (AvgIpc) is 2.49. The Hall–Kier alpha value is -2.59. The van der Waals surface area contributed by atoms with E-state index in [-0.39, 0.29) is 6.42 Å². The molecule has 0 aromatic heterocycles. The number of carbonyl (C=O) groups excluding carboxylic acids is 2. The van der Waals surface area contributed by atoms with Gasteiger partial charge in [0.05, 0.1) is 0 Å². The van der Waals surface area contributed by atoms with E-state index in [0.717, 1.165) is 17.2 Å². The van der Waals surface area contributed by atoms with Crippen LogP contribution in [-0.2, 0) is 19.6 Å². The molecule has 0 bridgehead atoms.